The fraction of sp³-hybridized carbons (Fsp3) is 1.00. The van der Waals surface area contributed by atoms with Gasteiger partial charge in [0.1, 0.15) is 0 Å². The maximum atomic E-state index is 3.54. The fourth-order valence-corrected chi connectivity index (χ4v) is 2.56. The molecule has 0 saturated heterocycles. The third-order valence-corrected chi connectivity index (χ3v) is 3.97. The quantitative estimate of drug-likeness (QED) is 0.260. The largest absolute Gasteiger partial charge is 0.317 e. The van der Waals surface area contributed by atoms with Crippen LogP contribution in [0, 0.1) is 0 Å². The van der Waals surface area contributed by atoms with Gasteiger partial charge in [0.25, 0.3) is 0 Å². The van der Waals surface area contributed by atoms with Crippen molar-refractivity contribution in [1.29, 1.82) is 0 Å². The highest BCUT2D eigenvalue weighted by Gasteiger charge is 1.93. The van der Waals surface area contributed by atoms with Gasteiger partial charge < -0.3 is 21.3 Å². The van der Waals surface area contributed by atoms with Crippen molar-refractivity contribution in [3.05, 3.63) is 0 Å². The van der Waals surface area contributed by atoms with E-state index in [1.165, 1.54) is 70.9 Å². The number of unbranched alkanes of at least 4 members (excludes halogenated alkanes) is 4. The molecular weight excluding hydrogens is 284 g/mol. The first-order valence-electron chi connectivity index (χ1n) is 10.2. The zero-order valence-corrected chi connectivity index (χ0v) is 16.0. The summed E-state index contributed by atoms with van der Waals surface area (Å²) in [6, 6.07) is 0. The second kappa shape index (κ2) is 21.8. The summed E-state index contributed by atoms with van der Waals surface area (Å²) < 4.78 is 0. The van der Waals surface area contributed by atoms with Gasteiger partial charge in [-0.15, -0.1) is 0 Å². The molecule has 0 saturated carbocycles. The predicted molar refractivity (Wildman–Crippen MR) is 104 cm³/mol. The number of hydrogen-bond donors (Lipinski definition) is 4. The second-order valence-electron chi connectivity index (χ2n) is 6.47. The lowest BCUT2D eigenvalue weighted by molar-refractivity contribution is 0.537. The van der Waals surface area contributed by atoms with Gasteiger partial charge in [-0.25, -0.2) is 0 Å². The Labute approximate surface area is 146 Å². The van der Waals surface area contributed by atoms with Crippen LogP contribution in [-0.4, -0.2) is 52.4 Å². The fourth-order valence-electron chi connectivity index (χ4n) is 2.56. The van der Waals surface area contributed by atoms with Crippen molar-refractivity contribution in [3.63, 3.8) is 0 Å². The summed E-state index contributed by atoms with van der Waals surface area (Å²) in [4.78, 5) is 0. The molecule has 0 amide bonds. The molecule has 0 rings (SSSR count). The molecule has 0 unspecified atom stereocenters. The molecule has 0 aliphatic carbocycles. The Morgan fingerprint density at radius 1 is 0.348 bits per heavy atom. The molecule has 0 aliphatic heterocycles. The van der Waals surface area contributed by atoms with Crippen LogP contribution < -0.4 is 21.3 Å². The molecule has 4 N–H and O–H groups in total. The normalized spacial score (nSPS) is 11.2. The van der Waals surface area contributed by atoms with Crippen molar-refractivity contribution in [3.8, 4) is 0 Å². The van der Waals surface area contributed by atoms with Crippen molar-refractivity contribution < 1.29 is 0 Å². The van der Waals surface area contributed by atoms with Crippen LogP contribution in [-0.2, 0) is 0 Å². The van der Waals surface area contributed by atoms with E-state index in [1.54, 1.807) is 0 Å². The zero-order chi connectivity index (χ0) is 16.8. The molecule has 0 bridgehead atoms. The molecule has 0 spiro atoms. The van der Waals surface area contributed by atoms with E-state index in [1.807, 2.05) is 0 Å². The van der Waals surface area contributed by atoms with Gasteiger partial charge in [0.2, 0.25) is 0 Å². The highest BCUT2D eigenvalue weighted by atomic mass is 14.9. The summed E-state index contributed by atoms with van der Waals surface area (Å²) in [5, 5.41) is 14.0. The molecule has 0 aliphatic rings. The first kappa shape index (κ1) is 22.8. The van der Waals surface area contributed by atoms with Crippen molar-refractivity contribution in [2.75, 3.05) is 52.4 Å². The summed E-state index contributed by atoms with van der Waals surface area (Å²) in [7, 11) is 0. The van der Waals surface area contributed by atoms with Gasteiger partial charge >= 0.3 is 0 Å². The smallest absolute Gasteiger partial charge is 0.00368 e. The molecule has 23 heavy (non-hydrogen) atoms. The Balaban J connectivity index is 2.92. The van der Waals surface area contributed by atoms with E-state index in [4.69, 9.17) is 0 Å². The van der Waals surface area contributed by atoms with Crippen LogP contribution in [0.25, 0.3) is 0 Å². The monoisotopic (exact) mass is 328 g/mol. The molecule has 0 heterocycles. The lowest BCUT2D eigenvalue weighted by Crippen LogP contribution is -2.23. The van der Waals surface area contributed by atoms with E-state index >= 15 is 0 Å². The summed E-state index contributed by atoms with van der Waals surface area (Å²) in [5.74, 6) is 0. The summed E-state index contributed by atoms with van der Waals surface area (Å²) in [5.41, 5.74) is 0. The number of rotatable bonds is 20. The van der Waals surface area contributed by atoms with Crippen molar-refractivity contribution in [2.45, 2.75) is 71.6 Å². The van der Waals surface area contributed by atoms with Crippen LogP contribution in [0.1, 0.15) is 71.6 Å². The van der Waals surface area contributed by atoms with E-state index in [9.17, 15) is 0 Å². The van der Waals surface area contributed by atoms with Gasteiger partial charge in [-0.1, -0.05) is 33.1 Å². The Morgan fingerprint density at radius 2 is 0.652 bits per heavy atom. The van der Waals surface area contributed by atoms with Crippen LogP contribution in [0.5, 0.6) is 0 Å². The van der Waals surface area contributed by atoms with E-state index < -0.39 is 0 Å². The van der Waals surface area contributed by atoms with E-state index in [2.05, 4.69) is 35.1 Å². The van der Waals surface area contributed by atoms with Crippen LogP contribution in [0.4, 0.5) is 0 Å². The van der Waals surface area contributed by atoms with Crippen LogP contribution >= 0.6 is 0 Å². The van der Waals surface area contributed by atoms with E-state index in [0.717, 1.165) is 39.3 Å². The summed E-state index contributed by atoms with van der Waals surface area (Å²) in [6.07, 6.45) is 11.8. The maximum absolute atomic E-state index is 3.54. The summed E-state index contributed by atoms with van der Waals surface area (Å²) >= 11 is 0. The highest BCUT2D eigenvalue weighted by Crippen LogP contribution is 2.01. The van der Waals surface area contributed by atoms with Gasteiger partial charge in [0.15, 0.2) is 0 Å². The molecule has 0 fully saturated rings. The minimum absolute atomic E-state index is 1.16. The van der Waals surface area contributed by atoms with Gasteiger partial charge in [-0.2, -0.15) is 0 Å². The Morgan fingerprint density at radius 3 is 1.04 bits per heavy atom. The topological polar surface area (TPSA) is 48.1 Å². The van der Waals surface area contributed by atoms with Crippen molar-refractivity contribution >= 4 is 0 Å². The van der Waals surface area contributed by atoms with Crippen LogP contribution in [0.15, 0.2) is 0 Å². The lowest BCUT2D eigenvalue weighted by atomic mass is 10.1. The third-order valence-electron chi connectivity index (χ3n) is 3.97. The Hall–Kier alpha value is -0.160. The van der Waals surface area contributed by atoms with Crippen LogP contribution in [0.2, 0.25) is 0 Å². The number of hydrogen-bond acceptors (Lipinski definition) is 4. The molecule has 0 atom stereocenters. The molecule has 0 radical (unpaired) electrons. The molecule has 0 aromatic rings. The van der Waals surface area contributed by atoms with E-state index in [0.29, 0.717) is 0 Å². The number of nitrogens with one attached hydrogen (secondary N) is 4. The average Bonchev–Trinajstić information content (AvgIpc) is 2.57. The molecule has 0 aromatic carbocycles. The van der Waals surface area contributed by atoms with Gasteiger partial charge in [-0.3, -0.25) is 0 Å². The first-order valence-corrected chi connectivity index (χ1v) is 10.2. The Kier molecular flexibility index (Phi) is 21.7. The summed E-state index contributed by atoms with van der Waals surface area (Å²) in [6.45, 7) is 13.8. The molecule has 0 aromatic heterocycles. The third kappa shape index (κ3) is 21.8. The van der Waals surface area contributed by atoms with Crippen molar-refractivity contribution in [2.24, 2.45) is 0 Å². The first-order chi connectivity index (χ1) is 11.4. The predicted octanol–water partition coefficient (Wildman–Crippen LogP) is 2.90. The standard InChI is InChI=1S/C19H44N4/c1-3-12-20-16-10-18-22-14-8-6-5-7-9-15-23-19-11-17-21-13-4-2/h20-23H,3-19H2,1-2H3. The zero-order valence-electron chi connectivity index (χ0n) is 16.0. The second-order valence-corrected chi connectivity index (χ2v) is 6.47. The maximum Gasteiger partial charge on any atom is -0.00368 e. The minimum Gasteiger partial charge on any atom is -0.317 e. The van der Waals surface area contributed by atoms with Gasteiger partial charge in [0.05, 0.1) is 0 Å². The minimum atomic E-state index is 1.16. The SMILES string of the molecule is CCCNCCCNCCCCCCCNCCCNCCC. The van der Waals surface area contributed by atoms with Crippen LogP contribution in [0.3, 0.4) is 0 Å². The van der Waals surface area contributed by atoms with Gasteiger partial charge in [0, 0.05) is 0 Å². The van der Waals surface area contributed by atoms with E-state index in [-0.39, 0.29) is 0 Å². The molecular formula is C19H44N4. The Bertz CT molecular complexity index is 180. The van der Waals surface area contributed by atoms with Crippen molar-refractivity contribution in [1.82, 2.24) is 21.3 Å². The average molecular weight is 329 g/mol. The molecule has 140 valence electrons. The molecule has 4 nitrogen and oxygen atoms in total. The lowest BCUT2D eigenvalue weighted by Gasteiger charge is -2.07. The van der Waals surface area contributed by atoms with Gasteiger partial charge in [-0.05, 0) is 90.9 Å². The highest BCUT2D eigenvalue weighted by molar-refractivity contribution is 4.54. The molecule has 4 heteroatoms.